The van der Waals surface area contributed by atoms with Crippen LogP contribution in [0.15, 0.2) is 18.3 Å². The summed E-state index contributed by atoms with van der Waals surface area (Å²) in [6.45, 7) is 7.40. The summed E-state index contributed by atoms with van der Waals surface area (Å²) in [4.78, 5) is 3.98. The van der Waals surface area contributed by atoms with Gasteiger partial charge in [-0.05, 0) is 17.5 Å². The number of nitrogens with one attached hydrogen (secondary N) is 1. The second-order valence-corrected chi connectivity index (χ2v) is 4.61. The van der Waals surface area contributed by atoms with Crippen LogP contribution in [0.5, 0.6) is 0 Å². The highest BCUT2D eigenvalue weighted by molar-refractivity contribution is 6.31. The lowest BCUT2D eigenvalue weighted by atomic mass is 9.97. The van der Waals surface area contributed by atoms with Crippen LogP contribution < -0.4 is 5.32 Å². The molecule has 0 unspecified atom stereocenters. The highest BCUT2D eigenvalue weighted by atomic mass is 35.5. The van der Waals surface area contributed by atoms with Crippen molar-refractivity contribution in [2.75, 3.05) is 11.9 Å². The summed E-state index contributed by atoms with van der Waals surface area (Å²) in [5, 5.41) is 3.79. The molecule has 1 N–H and O–H groups in total. The van der Waals surface area contributed by atoms with E-state index in [0.717, 1.165) is 12.2 Å². The lowest BCUT2D eigenvalue weighted by molar-refractivity contribution is 0.443. The maximum Gasteiger partial charge on any atom is 0.152 e. The average Bonchev–Trinajstić information content (AvgIpc) is 2.01. The van der Waals surface area contributed by atoms with Gasteiger partial charge in [-0.1, -0.05) is 32.4 Å². The van der Waals surface area contributed by atoms with Gasteiger partial charge < -0.3 is 5.32 Å². The molecular weight excluding hydrogens is 184 g/mol. The SMILES string of the molecule is CC(C)(C)CNc1cccnc1Cl. The van der Waals surface area contributed by atoms with Crippen LogP contribution in [0, 0.1) is 5.41 Å². The largest absolute Gasteiger partial charge is 0.382 e. The van der Waals surface area contributed by atoms with Crippen LogP contribution in [0.2, 0.25) is 5.15 Å². The van der Waals surface area contributed by atoms with Crippen LogP contribution in [0.25, 0.3) is 0 Å². The quantitative estimate of drug-likeness (QED) is 0.739. The van der Waals surface area contributed by atoms with Crippen LogP contribution >= 0.6 is 11.6 Å². The van der Waals surface area contributed by atoms with E-state index in [-0.39, 0.29) is 5.41 Å². The summed E-state index contributed by atoms with van der Waals surface area (Å²) < 4.78 is 0. The number of rotatable bonds is 2. The summed E-state index contributed by atoms with van der Waals surface area (Å²) in [6, 6.07) is 3.80. The van der Waals surface area contributed by atoms with Gasteiger partial charge in [-0.2, -0.15) is 0 Å². The van der Waals surface area contributed by atoms with Gasteiger partial charge in [0, 0.05) is 12.7 Å². The third-order valence-electron chi connectivity index (χ3n) is 1.57. The van der Waals surface area contributed by atoms with Gasteiger partial charge >= 0.3 is 0 Å². The molecule has 0 saturated carbocycles. The van der Waals surface area contributed by atoms with Crippen molar-refractivity contribution in [3.63, 3.8) is 0 Å². The van der Waals surface area contributed by atoms with Crippen molar-refractivity contribution in [2.45, 2.75) is 20.8 Å². The minimum atomic E-state index is 0.249. The number of pyridine rings is 1. The zero-order valence-electron chi connectivity index (χ0n) is 8.26. The van der Waals surface area contributed by atoms with Crippen molar-refractivity contribution in [2.24, 2.45) is 5.41 Å². The van der Waals surface area contributed by atoms with E-state index in [2.05, 4.69) is 31.1 Å². The summed E-state index contributed by atoms with van der Waals surface area (Å²) >= 11 is 5.88. The van der Waals surface area contributed by atoms with Crippen LogP contribution in [-0.2, 0) is 0 Å². The van der Waals surface area contributed by atoms with Crippen LogP contribution in [0.4, 0.5) is 5.69 Å². The standard InChI is InChI=1S/C10H15ClN2/c1-10(2,3)7-13-8-5-4-6-12-9(8)11/h4-6,13H,7H2,1-3H3. The van der Waals surface area contributed by atoms with E-state index in [9.17, 15) is 0 Å². The molecular formula is C10H15ClN2. The van der Waals surface area contributed by atoms with Crippen molar-refractivity contribution in [3.05, 3.63) is 23.5 Å². The molecule has 0 aliphatic heterocycles. The maximum absolute atomic E-state index is 5.88. The highest BCUT2D eigenvalue weighted by Crippen LogP contribution is 2.20. The van der Waals surface area contributed by atoms with Crippen molar-refractivity contribution in [3.8, 4) is 0 Å². The van der Waals surface area contributed by atoms with Gasteiger partial charge in [0.2, 0.25) is 0 Å². The zero-order valence-corrected chi connectivity index (χ0v) is 9.02. The van der Waals surface area contributed by atoms with E-state index >= 15 is 0 Å². The molecule has 3 heteroatoms. The Balaban J connectivity index is 2.60. The fourth-order valence-electron chi connectivity index (χ4n) is 0.878. The number of halogens is 1. The minimum Gasteiger partial charge on any atom is -0.382 e. The van der Waals surface area contributed by atoms with Crippen LogP contribution in [-0.4, -0.2) is 11.5 Å². The molecule has 0 aromatic carbocycles. The second kappa shape index (κ2) is 3.97. The van der Waals surface area contributed by atoms with E-state index < -0.39 is 0 Å². The van der Waals surface area contributed by atoms with Crippen molar-refractivity contribution in [1.29, 1.82) is 0 Å². The molecule has 0 saturated heterocycles. The first-order chi connectivity index (χ1) is 5.99. The summed E-state index contributed by atoms with van der Waals surface area (Å²) in [7, 11) is 0. The van der Waals surface area contributed by atoms with E-state index in [1.807, 2.05) is 12.1 Å². The first-order valence-corrected chi connectivity index (χ1v) is 4.71. The van der Waals surface area contributed by atoms with Gasteiger partial charge in [-0.3, -0.25) is 0 Å². The van der Waals surface area contributed by atoms with Gasteiger partial charge in [-0.25, -0.2) is 4.98 Å². The maximum atomic E-state index is 5.88. The predicted octanol–water partition coefficient (Wildman–Crippen LogP) is 3.19. The Hall–Kier alpha value is -0.760. The van der Waals surface area contributed by atoms with E-state index in [1.165, 1.54) is 0 Å². The molecule has 1 aromatic rings. The Morgan fingerprint density at radius 3 is 2.69 bits per heavy atom. The molecule has 0 spiro atoms. The number of nitrogens with zero attached hydrogens (tertiary/aromatic N) is 1. The predicted molar refractivity (Wildman–Crippen MR) is 57.2 cm³/mol. The van der Waals surface area contributed by atoms with Crippen molar-refractivity contribution in [1.82, 2.24) is 4.98 Å². The van der Waals surface area contributed by atoms with E-state index in [1.54, 1.807) is 6.20 Å². The number of anilines is 1. The fourth-order valence-corrected chi connectivity index (χ4v) is 1.06. The summed E-state index contributed by atoms with van der Waals surface area (Å²) in [5.74, 6) is 0. The highest BCUT2D eigenvalue weighted by Gasteiger charge is 2.10. The van der Waals surface area contributed by atoms with Crippen LogP contribution in [0.1, 0.15) is 20.8 Å². The van der Waals surface area contributed by atoms with Gasteiger partial charge in [-0.15, -0.1) is 0 Å². The van der Waals surface area contributed by atoms with Gasteiger partial charge in [0.1, 0.15) is 0 Å². The average molecular weight is 199 g/mol. The summed E-state index contributed by atoms with van der Waals surface area (Å²) in [5.41, 5.74) is 1.15. The zero-order chi connectivity index (χ0) is 9.90. The number of aromatic nitrogens is 1. The molecule has 0 aliphatic rings. The molecule has 0 atom stereocenters. The Kier molecular flexibility index (Phi) is 3.15. The summed E-state index contributed by atoms with van der Waals surface area (Å²) in [6.07, 6.45) is 1.69. The molecule has 2 nitrogen and oxygen atoms in total. The number of hydrogen-bond donors (Lipinski definition) is 1. The van der Waals surface area contributed by atoms with E-state index in [4.69, 9.17) is 11.6 Å². The Morgan fingerprint density at radius 1 is 1.46 bits per heavy atom. The Morgan fingerprint density at radius 2 is 2.15 bits per heavy atom. The van der Waals surface area contributed by atoms with Gasteiger partial charge in [0.05, 0.1) is 5.69 Å². The fraction of sp³-hybridized carbons (Fsp3) is 0.500. The molecule has 13 heavy (non-hydrogen) atoms. The molecule has 0 amide bonds. The molecule has 0 bridgehead atoms. The van der Waals surface area contributed by atoms with Gasteiger partial charge in [0.15, 0.2) is 5.15 Å². The lowest BCUT2D eigenvalue weighted by Gasteiger charge is -2.19. The van der Waals surface area contributed by atoms with Crippen molar-refractivity contribution >= 4 is 17.3 Å². The molecule has 72 valence electrons. The monoisotopic (exact) mass is 198 g/mol. The molecule has 0 aliphatic carbocycles. The normalized spacial score (nSPS) is 11.4. The molecule has 1 aromatic heterocycles. The molecule has 0 fully saturated rings. The third kappa shape index (κ3) is 3.64. The number of hydrogen-bond acceptors (Lipinski definition) is 2. The molecule has 0 radical (unpaired) electrons. The minimum absolute atomic E-state index is 0.249. The van der Waals surface area contributed by atoms with Crippen LogP contribution in [0.3, 0.4) is 0 Å². The second-order valence-electron chi connectivity index (χ2n) is 4.26. The van der Waals surface area contributed by atoms with Crippen molar-refractivity contribution < 1.29 is 0 Å². The smallest absolute Gasteiger partial charge is 0.152 e. The Labute approximate surface area is 84.3 Å². The molecule has 1 rings (SSSR count). The first kappa shape index (κ1) is 10.3. The lowest BCUT2D eigenvalue weighted by Crippen LogP contribution is -2.19. The van der Waals surface area contributed by atoms with Gasteiger partial charge in [0.25, 0.3) is 0 Å². The topological polar surface area (TPSA) is 24.9 Å². The third-order valence-corrected chi connectivity index (χ3v) is 1.87. The Bertz CT molecular complexity index is 278. The van der Waals surface area contributed by atoms with E-state index in [0.29, 0.717) is 5.15 Å². The molecule has 1 heterocycles. The first-order valence-electron chi connectivity index (χ1n) is 4.33.